The molecule has 0 saturated heterocycles. The maximum Gasteiger partial charge on any atom is 0.139 e. The average molecular weight is 350 g/mol. The van der Waals surface area contributed by atoms with E-state index in [0.717, 1.165) is 23.8 Å². The molecule has 5 heteroatoms. The Balaban J connectivity index is 1.60. The summed E-state index contributed by atoms with van der Waals surface area (Å²) in [5, 5.41) is 4.92. The number of pyridine rings is 1. The lowest BCUT2D eigenvalue weighted by molar-refractivity contribution is 0.700. The number of aryl methyl sites for hydroxylation is 2. The summed E-state index contributed by atoms with van der Waals surface area (Å²) in [7, 11) is 0. The van der Waals surface area contributed by atoms with Gasteiger partial charge in [0.2, 0.25) is 0 Å². The van der Waals surface area contributed by atoms with E-state index in [0.29, 0.717) is 5.92 Å². The summed E-state index contributed by atoms with van der Waals surface area (Å²) < 4.78 is 0. The molecule has 5 rings (SSSR count). The number of thiophene rings is 1. The molecular weight excluding hydrogens is 328 g/mol. The molecule has 0 unspecified atom stereocenters. The summed E-state index contributed by atoms with van der Waals surface area (Å²) in [5.41, 5.74) is 2.54. The Hall–Kier alpha value is -2.01. The van der Waals surface area contributed by atoms with Gasteiger partial charge in [0.05, 0.1) is 17.1 Å². The third-order valence-electron chi connectivity index (χ3n) is 5.26. The van der Waals surface area contributed by atoms with E-state index >= 15 is 0 Å². The van der Waals surface area contributed by atoms with Crippen molar-refractivity contribution in [3.05, 3.63) is 46.4 Å². The van der Waals surface area contributed by atoms with Crippen molar-refractivity contribution in [3.63, 3.8) is 0 Å². The van der Waals surface area contributed by atoms with E-state index in [1.807, 2.05) is 29.7 Å². The van der Waals surface area contributed by atoms with E-state index in [4.69, 9.17) is 9.97 Å². The zero-order valence-electron chi connectivity index (χ0n) is 14.5. The first kappa shape index (κ1) is 15.3. The molecule has 3 heterocycles. The van der Waals surface area contributed by atoms with Crippen molar-refractivity contribution in [3.8, 4) is 0 Å². The molecule has 3 aromatic rings. The molecule has 0 aromatic carbocycles. The van der Waals surface area contributed by atoms with Crippen LogP contribution in [0.25, 0.3) is 10.2 Å². The molecule has 3 aromatic heterocycles. The normalized spacial score (nSPS) is 18.1. The standard InChI is InChI=1S/C20H22N4S/c1-12(15-7-4-5-11-21-15)22-19-17-14-6-2-3-8-16(14)25-20(17)24-18(23-19)13-9-10-13/h4-5,7,11-13H,2-3,6,8-10H2,1H3,(H,22,23,24)/t12-/m0/s1. The van der Waals surface area contributed by atoms with E-state index in [1.54, 1.807) is 0 Å². The van der Waals surface area contributed by atoms with Gasteiger partial charge in [-0.25, -0.2) is 9.97 Å². The van der Waals surface area contributed by atoms with Crippen molar-refractivity contribution < 1.29 is 0 Å². The maximum absolute atomic E-state index is 4.97. The van der Waals surface area contributed by atoms with E-state index in [2.05, 4.69) is 23.3 Å². The van der Waals surface area contributed by atoms with Crippen LogP contribution in [0, 0.1) is 0 Å². The second kappa shape index (κ2) is 6.06. The van der Waals surface area contributed by atoms with Gasteiger partial charge >= 0.3 is 0 Å². The van der Waals surface area contributed by atoms with Crippen LogP contribution in [0.15, 0.2) is 24.4 Å². The lowest BCUT2D eigenvalue weighted by atomic mass is 9.97. The third kappa shape index (κ3) is 2.80. The predicted molar refractivity (Wildman–Crippen MR) is 102 cm³/mol. The number of anilines is 1. The Labute approximate surface area is 151 Å². The minimum absolute atomic E-state index is 0.130. The minimum atomic E-state index is 0.130. The molecule has 1 N–H and O–H groups in total. The van der Waals surface area contributed by atoms with Crippen LogP contribution in [0.2, 0.25) is 0 Å². The van der Waals surface area contributed by atoms with E-state index in [1.165, 1.54) is 52.8 Å². The highest BCUT2D eigenvalue weighted by molar-refractivity contribution is 7.19. The fourth-order valence-electron chi connectivity index (χ4n) is 3.71. The second-order valence-corrected chi connectivity index (χ2v) is 8.30. The summed E-state index contributed by atoms with van der Waals surface area (Å²) in [6.45, 7) is 2.16. The summed E-state index contributed by atoms with van der Waals surface area (Å²) in [6, 6.07) is 6.20. The lowest BCUT2D eigenvalue weighted by Crippen LogP contribution is -2.11. The molecule has 2 aliphatic rings. The van der Waals surface area contributed by atoms with Crippen LogP contribution in [0.1, 0.15) is 66.5 Å². The lowest BCUT2D eigenvalue weighted by Gasteiger charge is -2.17. The van der Waals surface area contributed by atoms with Crippen LogP contribution in [-0.4, -0.2) is 15.0 Å². The van der Waals surface area contributed by atoms with Crippen molar-refractivity contribution in [2.24, 2.45) is 0 Å². The molecule has 128 valence electrons. The van der Waals surface area contributed by atoms with Crippen LogP contribution < -0.4 is 5.32 Å². The fraction of sp³-hybridized carbons (Fsp3) is 0.450. The number of hydrogen-bond donors (Lipinski definition) is 1. The van der Waals surface area contributed by atoms with Gasteiger partial charge in [0.15, 0.2) is 0 Å². The Morgan fingerprint density at radius 3 is 2.84 bits per heavy atom. The Morgan fingerprint density at radius 2 is 2.04 bits per heavy atom. The summed E-state index contributed by atoms with van der Waals surface area (Å²) in [6.07, 6.45) is 9.25. The second-order valence-electron chi connectivity index (χ2n) is 7.22. The molecule has 0 aliphatic heterocycles. The minimum Gasteiger partial charge on any atom is -0.361 e. The number of nitrogens with one attached hydrogen (secondary N) is 1. The van der Waals surface area contributed by atoms with E-state index in [9.17, 15) is 0 Å². The molecule has 0 spiro atoms. The fourth-order valence-corrected chi connectivity index (χ4v) is 4.98. The molecule has 4 nitrogen and oxygen atoms in total. The van der Waals surface area contributed by atoms with Gasteiger partial charge in [0, 0.05) is 17.0 Å². The van der Waals surface area contributed by atoms with Gasteiger partial charge in [-0.05, 0) is 63.1 Å². The monoisotopic (exact) mass is 350 g/mol. The third-order valence-corrected chi connectivity index (χ3v) is 6.44. The van der Waals surface area contributed by atoms with Gasteiger partial charge < -0.3 is 5.32 Å². The molecule has 25 heavy (non-hydrogen) atoms. The number of fused-ring (bicyclic) bond motifs is 3. The van der Waals surface area contributed by atoms with Crippen molar-refractivity contribution >= 4 is 27.4 Å². The van der Waals surface area contributed by atoms with Crippen molar-refractivity contribution in [2.45, 2.75) is 57.4 Å². The number of aromatic nitrogens is 3. The first-order valence-corrected chi connectivity index (χ1v) is 10.1. The molecule has 0 amide bonds. The van der Waals surface area contributed by atoms with Gasteiger partial charge in [-0.1, -0.05) is 6.07 Å². The van der Waals surface area contributed by atoms with Crippen LogP contribution in [0.3, 0.4) is 0 Å². The number of rotatable bonds is 4. The highest BCUT2D eigenvalue weighted by Crippen LogP contribution is 2.43. The highest BCUT2D eigenvalue weighted by atomic mass is 32.1. The summed E-state index contributed by atoms with van der Waals surface area (Å²) >= 11 is 1.89. The van der Waals surface area contributed by atoms with Gasteiger partial charge in [0.25, 0.3) is 0 Å². The maximum atomic E-state index is 4.97. The predicted octanol–water partition coefficient (Wildman–Crippen LogP) is 5.02. The van der Waals surface area contributed by atoms with Gasteiger partial charge in [-0.3, -0.25) is 4.98 Å². The van der Waals surface area contributed by atoms with E-state index in [-0.39, 0.29) is 6.04 Å². The molecular formula is C20H22N4S. The number of hydrogen-bond acceptors (Lipinski definition) is 5. The zero-order valence-corrected chi connectivity index (χ0v) is 15.3. The van der Waals surface area contributed by atoms with Crippen molar-refractivity contribution in [1.29, 1.82) is 0 Å². The molecule has 0 radical (unpaired) electrons. The van der Waals surface area contributed by atoms with Crippen molar-refractivity contribution in [1.82, 2.24) is 15.0 Å². The quantitative estimate of drug-likeness (QED) is 0.718. The summed E-state index contributed by atoms with van der Waals surface area (Å²) in [5.74, 6) is 2.61. The molecule has 0 bridgehead atoms. The first-order valence-electron chi connectivity index (χ1n) is 9.29. The Morgan fingerprint density at radius 1 is 1.16 bits per heavy atom. The number of nitrogens with zero attached hydrogens (tertiary/aromatic N) is 3. The molecule has 2 aliphatic carbocycles. The average Bonchev–Trinajstić information content (AvgIpc) is 3.43. The zero-order chi connectivity index (χ0) is 16.8. The molecule has 1 fully saturated rings. The molecule has 1 atom stereocenters. The van der Waals surface area contributed by atoms with Crippen LogP contribution in [-0.2, 0) is 12.8 Å². The largest absolute Gasteiger partial charge is 0.361 e. The highest BCUT2D eigenvalue weighted by Gasteiger charge is 2.29. The van der Waals surface area contributed by atoms with Crippen LogP contribution in [0.5, 0.6) is 0 Å². The van der Waals surface area contributed by atoms with Gasteiger partial charge in [0.1, 0.15) is 16.5 Å². The van der Waals surface area contributed by atoms with Crippen LogP contribution in [0.4, 0.5) is 5.82 Å². The summed E-state index contributed by atoms with van der Waals surface area (Å²) in [4.78, 5) is 17.1. The molecule has 1 saturated carbocycles. The van der Waals surface area contributed by atoms with Gasteiger partial charge in [-0.15, -0.1) is 11.3 Å². The Kier molecular flexibility index (Phi) is 3.70. The first-order chi connectivity index (χ1) is 12.3. The smallest absolute Gasteiger partial charge is 0.139 e. The van der Waals surface area contributed by atoms with Crippen LogP contribution >= 0.6 is 11.3 Å². The topological polar surface area (TPSA) is 50.7 Å². The van der Waals surface area contributed by atoms with Crippen molar-refractivity contribution in [2.75, 3.05) is 5.32 Å². The Bertz CT molecular complexity index is 914. The SMILES string of the molecule is C[C@H](Nc1nc(C2CC2)nc2sc3c(c12)CCCC3)c1ccccn1. The van der Waals surface area contributed by atoms with Gasteiger partial charge in [-0.2, -0.15) is 0 Å². The van der Waals surface area contributed by atoms with E-state index < -0.39 is 0 Å².